The minimum absolute atomic E-state index is 0.00109. The summed E-state index contributed by atoms with van der Waals surface area (Å²) in [6.07, 6.45) is 2.39. The lowest BCUT2D eigenvalue weighted by Crippen LogP contribution is -2.42. The maximum atomic E-state index is 14.7. The van der Waals surface area contributed by atoms with Crippen LogP contribution in [0.2, 0.25) is 0 Å². The Morgan fingerprint density at radius 2 is 1.76 bits per heavy atom. The van der Waals surface area contributed by atoms with Crippen LogP contribution in [-0.4, -0.2) is 59.8 Å². The van der Waals surface area contributed by atoms with E-state index in [1.54, 1.807) is 11.8 Å². The second kappa shape index (κ2) is 11.7. The average Bonchev–Trinajstić information content (AvgIpc) is 2.81. The summed E-state index contributed by atoms with van der Waals surface area (Å²) in [5.74, 6) is -3.33. The zero-order valence-electron chi connectivity index (χ0n) is 21.7. The fourth-order valence-corrected chi connectivity index (χ4v) is 3.89. The minimum atomic E-state index is -0.942. The number of ether oxygens (including phenoxy) is 1. The Hall–Kier alpha value is -3.56. The molecule has 0 radical (unpaired) electrons. The van der Waals surface area contributed by atoms with Crippen molar-refractivity contribution < 1.29 is 32.3 Å². The van der Waals surface area contributed by atoms with Crippen molar-refractivity contribution in [1.82, 2.24) is 4.90 Å². The van der Waals surface area contributed by atoms with E-state index in [2.05, 4.69) is 5.16 Å². The fourth-order valence-electron chi connectivity index (χ4n) is 3.89. The van der Waals surface area contributed by atoms with Crippen LogP contribution in [0.15, 0.2) is 35.5 Å². The zero-order chi connectivity index (χ0) is 27.3. The van der Waals surface area contributed by atoms with Crippen LogP contribution in [0.1, 0.15) is 46.1 Å². The molecule has 0 atom stereocenters. The van der Waals surface area contributed by atoms with Gasteiger partial charge in [0, 0.05) is 24.2 Å². The van der Waals surface area contributed by atoms with Crippen LogP contribution in [0.3, 0.4) is 0 Å². The monoisotopic (exact) mass is 519 g/mol. The number of piperidine rings is 1. The van der Waals surface area contributed by atoms with Crippen molar-refractivity contribution in [3.63, 3.8) is 0 Å². The lowest BCUT2D eigenvalue weighted by molar-refractivity contribution is -0.416. The maximum Gasteiger partial charge on any atom is 0.271 e. The van der Waals surface area contributed by atoms with Crippen molar-refractivity contribution in [2.24, 2.45) is 11.1 Å². The summed E-state index contributed by atoms with van der Waals surface area (Å²) < 4.78 is 50.0. The molecule has 0 saturated carbocycles. The van der Waals surface area contributed by atoms with Gasteiger partial charge in [-0.1, -0.05) is 11.2 Å². The maximum absolute atomic E-state index is 14.7. The number of rotatable bonds is 7. The molecule has 0 aliphatic carbocycles. The van der Waals surface area contributed by atoms with Gasteiger partial charge in [-0.15, -0.1) is 0 Å². The van der Waals surface area contributed by atoms with Crippen LogP contribution in [0.5, 0.6) is 5.75 Å². The molecule has 2 aromatic carbocycles. The number of carbonyl (C=O) groups excluding carboxylic acids is 1. The van der Waals surface area contributed by atoms with Gasteiger partial charge in [-0.3, -0.25) is 4.79 Å². The molecule has 1 aliphatic heterocycles. The number of amides is 1. The summed E-state index contributed by atoms with van der Waals surface area (Å²) in [5, 5.41) is 15.0. The summed E-state index contributed by atoms with van der Waals surface area (Å²) in [4.78, 5) is 19.5. The average molecular weight is 520 g/mol. The summed E-state index contributed by atoms with van der Waals surface area (Å²) in [6, 6.07) is 5.99. The molecule has 1 heterocycles. The predicted octanol–water partition coefficient (Wildman–Crippen LogP) is 5.14. The van der Waals surface area contributed by atoms with Gasteiger partial charge in [-0.25, -0.2) is 17.9 Å². The Balaban J connectivity index is 1.60. The van der Waals surface area contributed by atoms with Crippen LogP contribution >= 0.6 is 0 Å². The molecule has 37 heavy (non-hydrogen) atoms. The number of oxime groups is 1. The van der Waals surface area contributed by atoms with E-state index in [1.807, 2.05) is 20.8 Å². The van der Waals surface area contributed by atoms with Crippen molar-refractivity contribution in [2.75, 3.05) is 26.7 Å². The molecule has 0 unspecified atom stereocenters. The molecular formula is C27H32F3N3O4. The molecule has 1 aliphatic rings. The summed E-state index contributed by atoms with van der Waals surface area (Å²) in [6.45, 7) is 8.13. The molecule has 200 valence electrons. The largest absolute Gasteiger partial charge is 0.624 e. The first kappa shape index (κ1) is 28.0. The Labute approximate surface area is 214 Å². The van der Waals surface area contributed by atoms with E-state index in [-0.39, 0.29) is 35.3 Å². The molecule has 0 bridgehead atoms. The number of benzene rings is 2. The molecular weight excluding hydrogens is 487 g/mol. The normalized spacial score (nSPS) is 15.6. The summed E-state index contributed by atoms with van der Waals surface area (Å²) in [7, 11) is 1.26. The third-order valence-corrected chi connectivity index (χ3v) is 5.76. The molecule has 1 amide bonds. The number of carbonyl (C=O) groups is 1. The lowest BCUT2D eigenvalue weighted by Gasteiger charge is -2.31. The SMILES string of the molecule is C/C(=N/OC(C)(C)C)C(=O)N1CCC(COc2c(F)cc(-c3ccc(/C=[N+](/C)[O-])cc3F)cc2F)CC1. The van der Waals surface area contributed by atoms with E-state index < -0.39 is 28.8 Å². The number of hydroxylamine groups is 1. The van der Waals surface area contributed by atoms with E-state index in [4.69, 9.17) is 9.57 Å². The number of likely N-dealkylation sites (tertiary alicyclic amines) is 1. The van der Waals surface area contributed by atoms with Gasteiger partial charge in [0.2, 0.25) is 0 Å². The van der Waals surface area contributed by atoms with Gasteiger partial charge in [-0.2, -0.15) is 0 Å². The van der Waals surface area contributed by atoms with E-state index in [1.165, 1.54) is 25.4 Å². The Morgan fingerprint density at radius 3 is 2.30 bits per heavy atom. The zero-order valence-corrected chi connectivity index (χ0v) is 21.7. The van der Waals surface area contributed by atoms with Crippen molar-refractivity contribution in [3.8, 4) is 16.9 Å². The van der Waals surface area contributed by atoms with Crippen LogP contribution in [0.25, 0.3) is 11.1 Å². The summed E-state index contributed by atoms with van der Waals surface area (Å²) in [5.41, 5.74) is 0.102. The number of nitrogens with zero attached hydrogens (tertiary/aromatic N) is 3. The highest BCUT2D eigenvalue weighted by atomic mass is 19.1. The number of hydrogen-bond acceptors (Lipinski definition) is 5. The quantitative estimate of drug-likeness (QED) is 0.220. The van der Waals surface area contributed by atoms with Gasteiger partial charge in [0.25, 0.3) is 5.91 Å². The molecule has 3 rings (SSSR count). The predicted molar refractivity (Wildman–Crippen MR) is 135 cm³/mol. The van der Waals surface area contributed by atoms with Gasteiger partial charge in [0.1, 0.15) is 24.2 Å². The first-order valence-corrected chi connectivity index (χ1v) is 12.0. The first-order valence-electron chi connectivity index (χ1n) is 12.0. The van der Waals surface area contributed by atoms with Crippen LogP contribution in [-0.2, 0) is 9.63 Å². The van der Waals surface area contributed by atoms with E-state index in [9.17, 15) is 23.2 Å². The van der Waals surface area contributed by atoms with Gasteiger partial charge >= 0.3 is 0 Å². The summed E-state index contributed by atoms with van der Waals surface area (Å²) >= 11 is 0. The number of hydrogen-bond donors (Lipinski definition) is 0. The van der Waals surface area contributed by atoms with Crippen LogP contribution in [0.4, 0.5) is 13.2 Å². The van der Waals surface area contributed by atoms with Crippen molar-refractivity contribution in [2.45, 2.75) is 46.1 Å². The van der Waals surface area contributed by atoms with E-state index in [0.717, 1.165) is 18.2 Å². The second-order valence-corrected chi connectivity index (χ2v) is 10.1. The highest BCUT2D eigenvalue weighted by Crippen LogP contribution is 2.31. The van der Waals surface area contributed by atoms with Crippen molar-refractivity contribution in [3.05, 3.63) is 58.6 Å². The number of halogens is 3. The standard InChI is InChI=1S/C27H32F3N3O4/c1-17(31-37-27(2,3)4)26(34)33-10-8-18(9-11-33)16-36-25-23(29)13-20(14-24(25)30)21-7-6-19(12-22(21)28)15-32(5)35/h6-7,12-15,18H,8-11,16H2,1-5H3/b31-17-,32-15-. The molecule has 7 nitrogen and oxygen atoms in total. The van der Waals surface area contributed by atoms with E-state index >= 15 is 0 Å². The van der Waals surface area contributed by atoms with Crippen LogP contribution in [0, 0.1) is 28.6 Å². The molecule has 1 fully saturated rings. The molecule has 0 N–H and O–H groups in total. The third kappa shape index (κ3) is 7.71. The Kier molecular flexibility index (Phi) is 8.83. The molecule has 0 spiro atoms. The van der Waals surface area contributed by atoms with Crippen molar-refractivity contribution in [1.29, 1.82) is 0 Å². The second-order valence-electron chi connectivity index (χ2n) is 10.1. The highest BCUT2D eigenvalue weighted by Gasteiger charge is 2.26. The Morgan fingerprint density at radius 1 is 1.14 bits per heavy atom. The van der Waals surface area contributed by atoms with Gasteiger partial charge in [0.05, 0.1) is 6.61 Å². The first-order chi connectivity index (χ1) is 17.3. The van der Waals surface area contributed by atoms with Gasteiger partial charge in [0.15, 0.2) is 23.6 Å². The fraction of sp³-hybridized carbons (Fsp3) is 0.444. The Bertz CT molecular complexity index is 1170. The van der Waals surface area contributed by atoms with Crippen LogP contribution < -0.4 is 4.74 Å². The van der Waals surface area contributed by atoms with Crippen molar-refractivity contribution >= 4 is 17.8 Å². The highest BCUT2D eigenvalue weighted by molar-refractivity contribution is 6.37. The molecule has 2 aromatic rings. The smallest absolute Gasteiger partial charge is 0.271 e. The van der Waals surface area contributed by atoms with Gasteiger partial charge in [-0.05, 0) is 76.3 Å². The topological polar surface area (TPSA) is 77.2 Å². The lowest BCUT2D eigenvalue weighted by atomic mass is 9.97. The molecule has 10 heteroatoms. The minimum Gasteiger partial charge on any atom is -0.624 e. The third-order valence-electron chi connectivity index (χ3n) is 5.76. The van der Waals surface area contributed by atoms with E-state index in [0.29, 0.717) is 36.2 Å². The van der Waals surface area contributed by atoms with Gasteiger partial charge < -0.3 is 19.7 Å². The molecule has 1 saturated heterocycles. The molecule has 0 aromatic heterocycles.